The molecule has 0 N–H and O–H groups in total. The fourth-order valence-electron chi connectivity index (χ4n) is 6.29. The van der Waals surface area contributed by atoms with Gasteiger partial charge in [0.05, 0.1) is 12.2 Å². The molecule has 3 saturated heterocycles. The van der Waals surface area contributed by atoms with Gasteiger partial charge in [-0.1, -0.05) is 32.4 Å². The minimum atomic E-state index is -0.0985. The van der Waals surface area contributed by atoms with Crippen molar-refractivity contribution in [3.05, 3.63) is 12.2 Å². The summed E-state index contributed by atoms with van der Waals surface area (Å²) in [4.78, 5) is 2.65. The highest BCUT2D eigenvalue weighted by atomic mass is 16.6. The maximum absolute atomic E-state index is 6.80. The van der Waals surface area contributed by atoms with Gasteiger partial charge in [0.25, 0.3) is 0 Å². The Balaban J connectivity index is 1.56. The first-order chi connectivity index (χ1) is 10.4. The summed E-state index contributed by atoms with van der Waals surface area (Å²) in [6.45, 7) is 10.7. The average Bonchev–Trinajstić information content (AvgIpc) is 3.03. The summed E-state index contributed by atoms with van der Waals surface area (Å²) >= 11 is 0. The maximum Gasteiger partial charge on any atom is 0.120 e. The molecule has 1 aliphatic carbocycles. The molecule has 0 radical (unpaired) electrons. The molecule has 0 aromatic heterocycles. The lowest BCUT2D eigenvalue weighted by atomic mass is 9.68. The third-order valence-electron chi connectivity index (χ3n) is 7.77. The number of nitrogens with zero attached hydrogens (tertiary/aromatic N) is 1. The van der Waals surface area contributed by atoms with Crippen LogP contribution in [-0.4, -0.2) is 41.0 Å². The third kappa shape index (κ3) is 1.44. The Bertz CT molecular complexity index is 544. The van der Waals surface area contributed by atoms with Crippen LogP contribution in [0.5, 0.6) is 0 Å². The lowest BCUT2D eigenvalue weighted by molar-refractivity contribution is -0.243. The fraction of sp³-hybridized carbons (Fsp3) is 0.895. The van der Waals surface area contributed by atoms with E-state index in [2.05, 4.69) is 44.7 Å². The van der Waals surface area contributed by atoms with Gasteiger partial charge in [0.1, 0.15) is 11.8 Å². The Kier molecular flexibility index (Phi) is 2.54. The predicted molar refractivity (Wildman–Crippen MR) is 85.4 cm³/mol. The molecule has 4 heterocycles. The second-order valence-electron chi connectivity index (χ2n) is 9.36. The van der Waals surface area contributed by atoms with Crippen molar-refractivity contribution in [3.63, 3.8) is 0 Å². The number of rotatable bonds is 0. The van der Waals surface area contributed by atoms with Crippen LogP contribution in [0.4, 0.5) is 0 Å². The van der Waals surface area contributed by atoms with E-state index in [4.69, 9.17) is 9.47 Å². The largest absolute Gasteiger partial charge is 0.362 e. The number of ether oxygens (including phenoxy) is 2. The van der Waals surface area contributed by atoms with Crippen LogP contribution in [0, 0.1) is 17.3 Å². The zero-order valence-electron chi connectivity index (χ0n) is 14.3. The SMILES string of the molecule is C[C@@H]1CC[C@@H]2[C@@H](C1)O[C@@H]1N(C[C@@]34C=C[C@@H](C[C@]13C)O4)C2(C)C. The molecular formula is C19H29NO2. The van der Waals surface area contributed by atoms with E-state index in [1.807, 2.05) is 0 Å². The topological polar surface area (TPSA) is 21.7 Å². The molecule has 122 valence electrons. The van der Waals surface area contributed by atoms with Crippen molar-refractivity contribution < 1.29 is 9.47 Å². The van der Waals surface area contributed by atoms with Crippen LogP contribution in [0.15, 0.2) is 12.2 Å². The van der Waals surface area contributed by atoms with Crippen molar-refractivity contribution in [1.29, 1.82) is 0 Å². The minimum absolute atomic E-state index is 0.0985. The van der Waals surface area contributed by atoms with Gasteiger partial charge in [0.15, 0.2) is 0 Å². The molecular weight excluding hydrogens is 274 g/mol. The first-order valence-electron chi connectivity index (χ1n) is 9.15. The Morgan fingerprint density at radius 3 is 2.77 bits per heavy atom. The van der Waals surface area contributed by atoms with E-state index >= 15 is 0 Å². The molecule has 5 aliphatic rings. The van der Waals surface area contributed by atoms with Crippen LogP contribution in [0.25, 0.3) is 0 Å². The van der Waals surface area contributed by atoms with Gasteiger partial charge in [-0.2, -0.15) is 0 Å². The minimum Gasteiger partial charge on any atom is -0.362 e. The monoisotopic (exact) mass is 303 g/mol. The molecule has 0 aromatic rings. The van der Waals surface area contributed by atoms with E-state index in [1.165, 1.54) is 19.3 Å². The zero-order chi connectivity index (χ0) is 15.3. The molecule has 4 aliphatic heterocycles. The number of fused-ring (bicyclic) bond motifs is 4. The normalized spacial score (nSPS) is 58.5. The summed E-state index contributed by atoms with van der Waals surface area (Å²) in [7, 11) is 0. The predicted octanol–water partition coefficient (Wildman–Crippen LogP) is 3.35. The standard InChI is InChI=1S/C19H29NO2/c1-12-5-6-14-15(9-12)21-16-18(4)10-13-7-8-19(18,22-13)11-20(16)17(14,2)3/h7-8,12-16H,5-6,9-11H2,1-4H3/t12-,13+,14-,15-,16+,18-,19+/m1/s1. The van der Waals surface area contributed by atoms with E-state index in [0.717, 1.165) is 18.9 Å². The fourth-order valence-corrected chi connectivity index (χ4v) is 6.29. The lowest BCUT2D eigenvalue weighted by Gasteiger charge is -2.57. The smallest absolute Gasteiger partial charge is 0.120 e. The third-order valence-corrected chi connectivity index (χ3v) is 7.77. The second kappa shape index (κ2) is 3.99. The number of hydrogen-bond donors (Lipinski definition) is 0. The van der Waals surface area contributed by atoms with Crippen molar-refractivity contribution in [1.82, 2.24) is 4.90 Å². The van der Waals surface area contributed by atoms with Gasteiger partial charge in [-0.05, 0) is 39.0 Å². The van der Waals surface area contributed by atoms with Crippen LogP contribution in [0.2, 0.25) is 0 Å². The van der Waals surface area contributed by atoms with E-state index in [9.17, 15) is 0 Å². The van der Waals surface area contributed by atoms with Gasteiger partial charge >= 0.3 is 0 Å². The highest BCUT2D eigenvalue weighted by Gasteiger charge is 2.72. The van der Waals surface area contributed by atoms with Gasteiger partial charge in [-0.15, -0.1) is 0 Å². The Labute approximate surface area is 134 Å². The summed E-state index contributed by atoms with van der Waals surface area (Å²) < 4.78 is 13.2. The van der Waals surface area contributed by atoms with E-state index in [0.29, 0.717) is 18.1 Å². The summed E-state index contributed by atoms with van der Waals surface area (Å²) in [5.74, 6) is 1.47. The zero-order valence-corrected chi connectivity index (χ0v) is 14.3. The Morgan fingerprint density at radius 1 is 1.18 bits per heavy atom. The van der Waals surface area contributed by atoms with Crippen LogP contribution in [0.3, 0.4) is 0 Å². The van der Waals surface area contributed by atoms with E-state index < -0.39 is 0 Å². The van der Waals surface area contributed by atoms with Crippen molar-refractivity contribution in [2.75, 3.05) is 6.54 Å². The molecule has 3 nitrogen and oxygen atoms in total. The molecule has 0 aromatic carbocycles. The van der Waals surface area contributed by atoms with Crippen LogP contribution in [-0.2, 0) is 9.47 Å². The van der Waals surface area contributed by atoms with Gasteiger partial charge in [0.2, 0.25) is 0 Å². The molecule has 0 amide bonds. The van der Waals surface area contributed by atoms with Crippen molar-refractivity contribution in [2.45, 2.75) is 83.0 Å². The van der Waals surface area contributed by atoms with Gasteiger partial charge in [0, 0.05) is 23.4 Å². The van der Waals surface area contributed by atoms with E-state index in [1.54, 1.807) is 0 Å². The first kappa shape index (κ1) is 14.0. The molecule has 1 spiro atoms. The second-order valence-corrected chi connectivity index (χ2v) is 9.36. The van der Waals surface area contributed by atoms with Crippen LogP contribution in [0.1, 0.15) is 53.4 Å². The molecule has 4 fully saturated rings. The summed E-state index contributed by atoms with van der Waals surface area (Å²) in [5, 5.41) is 0. The van der Waals surface area contributed by atoms with Crippen LogP contribution < -0.4 is 0 Å². The lowest BCUT2D eigenvalue weighted by Crippen LogP contribution is -2.64. The van der Waals surface area contributed by atoms with E-state index in [-0.39, 0.29) is 22.8 Å². The highest BCUT2D eigenvalue weighted by molar-refractivity contribution is 5.31. The van der Waals surface area contributed by atoms with Crippen LogP contribution >= 0.6 is 0 Å². The molecule has 2 bridgehead atoms. The summed E-state index contributed by atoms with van der Waals surface area (Å²) in [5.41, 5.74) is 0.235. The van der Waals surface area contributed by atoms with Crippen molar-refractivity contribution in [3.8, 4) is 0 Å². The molecule has 0 unspecified atom stereocenters. The summed E-state index contributed by atoms with van der Waals surface area (Å²) in [6.07, 6.45) is 10.6. The average molecular weight is 303 g/mol. The summed E-state index contributed by atoms with van der Waals surface area (Å²) in [6, 6.07) is 0. The van der Waals surface area contributed by atoms with Gasteiger partial charge in [-0.25, -0.2) is 0 Å². The molecule has 22 heavy (non-hydrogen) atoms. The molecule has 7 atom stereocenters. The first-order valence-corrected chi connectivity index (χ1v) is 9.15. The Hall–Kier alpha value is -0.380. The quantitative estimate of drug-likeness (QED) is 0.641. The molecule has 5 rings (SSSR count). The maximum atomic E-state index is 6.80. The van der Waals surface area contributed by atoms with Gasteiger partial charge < -0.3 is 9.47 Å². The van der Waals surface area contributed by atoms with Crippen molar-refractivity contribution >= 4 is 0 Å². The number of hydrogen-bond acceptors (Lipinski definition) is 3. The Morgan fingerprint density at radius 2 is 2.00 bits per heavy atom. The highest BCUT2D eigenvalue weighted by Crippen LogP contribution is 2.63. The van der Waals surface area contributed by atoms with Gasteiger partial charge in [-0.3, -0.25) is 4.90 Å². The van der Waals surface area contributed by atoms with Crippen molar-refractivity contribution in [2.24, 2.45) is 17.3 Å². The molecule has 3 heteroatoms. The molecule has 1 saturated carbocycles.